The number of hydrogen-bond donors (Lipinski definition) is 2. The van der Waals surface area contributed by atoms with Gasteiger partial charge in [0.1, 0.15) is 5.82 Å². The van der Waals surface area contributed by atoms with Gasteiger partial charge in [-0.25, -0.2) is 4.39 Å². The predicted octanol–water partition coefficient (Wildman–Crippen LogP) is 3.07. The first-order chi connectivity index (χ1) is 10.1. The van der Waals surface area contributed by atoms with Crippen LogP contribution in [0.15, 0.2) is 24.3 Å². The third-order valence-corrected chi connectivity index (χ3v) is 4.34. The summed E-state index contributed by atoms with van der Waals surface area (Å²) in [5.41, 5.74) is 0.685. The maximum Gasteiger partial charge on any atom is 0.223 e. The topological polar surface area (TPSA) is 41.1 Å². The van der Waals surface area contributed by atoms with Crippen LogP contribution in [-0.2, 0) is 11.2 Å². The smallest absolute Gasteiger partial charge is 0.223 e. The Balaban J connectivity index is 0.00000242. The van der Waals surface area contributed by atoms with Gasteiger partial charge in [0.15, 0.2) is 0 Å². The molecule has 0 radical (unpaired) electrons. The summed E-state index contributed by atoms with van der Waals surface area (Å²) < 4.78 is 13.6. The lowest BCUT2D eigenvalue weighted by Crippen LogP contribution is -2.52. The normalized spacial score (nSPS) is 22.5. The fraction of sp³-hybridized carbons (Fsp3) is 0.588. The molecule has 0 aliphatic carbocycles. The van der Waals surface area contributed by atoms with Gasteiger partial charge in [0.25, 0.3) is 0 Å². The van der Waals surface area contributed by atoms with Crippen LogP contribution >= 0.6 is 12.4 Å². The summed E-state index contributed by atoms with van der Waals surface area (Å²) >= 11 is 0. The first-order valence-electron chi connectivity index (χ1n) is 7.85. The highest BCUT2D eigenvalue weighted by atomic mass is 35.5. The van der Waals surface area contributed by atoms with E-state index in [1.165, 1.54) is 6.07 Å². The van der Waals surface area contributed by atoms with E-state index in [9.17, 15) is 9.18 Å². The Bertz CT molecular complexity index is 483. The first-order valence-corrected chi connectivity index (χ1v) is 7.85. The molecular formula is C17H26ClFN2O. The van der Waals surface area contributed by atoms with Crippen molar-refractivity contribution in [2.24, 2.45) is 5.92 Å². The number of halogens is 2. The third kappa shape index (κ3) is 5.25. The van der Waals surface area contributed by atoms with Gasteiger partial charge in [-0.15, -0.1) is 12.4 Å². The summed E-state index contributed by atoms with van der Waals surface area (Å²) in [6.07, 6.45) is 3.39. The molecule has 0 aromatic heterocycles. The van der Waals surface area contributed by atoms with E-state index in [0.717, 1.165) is 19.4 Å². The second-order valence-electron chi connectivity index (χ2n) is 6.03. The SMILES string of the molecule is CC(CCc1ccccc1F)C(=O)NC1CCCNC1C.Cl. The second-order valence-corrected chi connectivity index (χ2v) is 6.03. The van der Waals surface area contributed by atoms with Crippen LogP contribution < -0.4 is 10.6 Å². The summed E-state index contributed by atoms with van der Waals surface area (Å²) in [4.78, 5) is 12.2. The zero-order valence-corrected chi connectivity index (χ0v) is 14.1. The van der Waals surface area contributed by atoms with Crippen LogP contribution in [0.4, 0.5) is 4.39 Å². The van der Waals surface area contributed by atoms with Gasteiger partial charge >= 0.3 is 0 Å². The van der Waals surface area contributed by atoms with E-state index < -0.39 is 0 Å². The number of piperidine rings is 1. The Morgan fingerprint density at radius 1 is 1.45 bits per heavy atom. The highest BCUT2D eigenvalue weighted by molar-refractivity contribution is 5.85. The maximum atomic E-state index is 13.6. The van der Waals surface area contributed by atoms with Crippen LogP contribution in [0.3, 0.4) is 0 Å². The zero-order chi connectivity index (χ0) is 15.2. The molecule has 1 aliphatic heterocycles. The van der Waals surface area contributed by atoms with E-state index in [4.69, 9.17) is 0 Å². The van der Waals surface area contributed by atoms with Crippen molar-refractivity contribution in [2.75, 3.05) is 6.54 Å². The number of carbonyl (C=O) groups is 1. The van der Waals surface area contributed by atoms with Gasteiger partial charge < -0.3 is 10.6 Å². The van der Waals surface area contributed by atoms with E-state index in [2.05, 4.69) is 17.6 Å². The number of hydrogen-bond acceptors (Lipinski definition) is 2. The van der Waals surface area contributed by atoms with Crippen molar-refractivity contribution in [3.63, 3.8) is 0 Å². The highest BCUT2D eigenvalue weighted by Crippen LogP contribution is 2.14. The highest BCUT2D eigenvalue weighted by Gasteiger charge is 2.24. The second kappa shape index (κ2) is 9.11. The molecule has 3 nitrogen and oxygen atoms in total. The molecule has 2 N–H and O–H groups in total. The molecule has 1 heterocycles. The largest absolute Gasteiger partial charge is 0.352 e. The number of carbonyl (C=O) groups excluding carboxylic acids is 1. The molecule has 3 atom stereocenters. The minimum atomic E-state index is -0.185. The molecule has 1 aromatic carbocycles. The molecule has 1 aromatic rings. The first kappa shape index (κ1) is 18.9. The molecule has 5 heteroatoms. The number of nitrogens with one attached hydrogen (secondary N) is 2. The summed E-state index contributed by atoms with van der Waals surface area (Å²) in [5, 5.41) is 6.50. The molecular weight excluding hydrogens is 303 g/mol. The fourth-order valence-corrected chi connectivity index (χ4v) is 2.77. The van der Waals surface area contributed by atoms with Gasteiger partial charge in [-0.3, -0.25) is 4.79 Å². The van der Waals surface area contributed by atoms with Crippen molar-refractivity contribution in [3.8, 4) is 0 Å². The van der Waals surface area contributed by atoms with Gasteiger partial charge in [-0.2, -0.15) is 0 Å². The van der Waals surface area contributed by atoms with Crippen LogP contribution in [0, 0.1) is 11.7 Å². The Labute approximate surface area is 138 Å². The molecule has 124 valence electrons. The standard InChI is InChI=1S/C17H25FN2O.ClH/c1-12(9-10-14-6-3-4-7-15(14)18)17(21)20-16-8-5-11-19-13(16)2;/h3-4,6-7,12-13,16,19H,5,8-11H2,1-2H3,(H,20,21);1H. The summed E-state index contributed by atoms with van der Waals surface area (Å²) in [6, 6.07) is 7.30. The van der Waals surface area contributed by atoms with Gasteiger partial charge in [-0.05, 0) is 50.8 Å². The predicted molar refractivity (Wildman–Crippen MR) is 89.8 cm³/mol. The van der Waals surface area contributed by atoms with Gasteiger partial charge in [0, 0.05) is 18.0 Å². The molecule has 2 rings (SSSR count). The number of aryl methyl sites for hydroxylation is 1. The van der Waals surface area contributed by atoms with Crippen molar-refractivity contribution in [1.82, 2.24) is 10.6 Å². The zero-order valence-electron chi connectivity index (χ0n) is 13.3. The third-order valence-electron chi connectivity index (χ3n) is 4.34. The summed E-state index contributed by atoms with van der Waals surface area (Å²) in [6.45, 7) is 5.04. The Morgan fingerprint density at radius 3 is 2.86 bits per heavy atom. The van der Waals surface area contributed by atoms with Crippen molar-refractivity contribution in [3.05, 3.63) is 35.6 Å². The van der Waals surface area contributed by atoms with Crippen molar-refractivity contribution in [2.45, 2.75) is 51.6 Å². The Hall–Kier alpha value is -1.13. The fourth-order valence-electron chi connectivity index (χ4n) is 2.77. The lowest BCUT2D eigenvalue weighted by Gasteiger charge is -2.31. The average molecular weight is 329 g/mol. The molecule has 22 heavy (non-hydrogen) atoms. The van der Waals surface area contributed by atoms with E-state index >= 15 is 0 Å². The minimum absolute atomic E-state index is 0. The van der Waals surface area contributed by atoms with Gasteiger partial charge in [0.05, 0.1) is 0 Å². The average Bonchev–Trinajstić information content (AvgIpc) is 2.48. The van der Waals surface area contributed by atoms with Crippen LogP contribution in [0.1, 0.15) is 38.7 Å². The van der Waals surface area contributed by atoms with E-state index in [1.54, 1.807) is 12.1 Å². The van der Waals surface area contributed by atoms with Crippen LogP contribution in [0.5, 0.6) is 0 Å². The number of amides is 1. The van der Waals surface area contributed by atoms with Gasteiger partial charge in [-0.1, -0.05) is 25.1 Å². The maximum absolute atomic E-state index is 13.6. The quantitative estimate of drug-likeness (QED) is 0.872. The molecule has 0 saturated carbocycles. The Kier molecular flexibility index (Phi) is 7.83. The molecule has 3 unspecified atom stereocenters. The van der Waals surface area contributed by atoms with Gasteiger partial charge in [0.2, 0.25) is 5.91 Å². The van der Waals surface area contributed by atoms with E-state index in [-0.39, 0.29) is 36.1 Å². The number of benzene rings is 1. The summed E-state index contributed by atoms with van der Waals surface area (Å²) in [7, 11) is 0. The molecule has 1 amide bonds. The van der Waals surface area contributed by atoms with Crippen molar-refractivity contribution in [1.29, 1.82) is 0 Å². The molecule has 1 saturated heterocycles. The van der Waals surface area contributed by atoms with E-state index in [1.807, 2.05) is 13.0 Å². The summed E-state index contributed by atoms with van der Waals surface area (Å²) in [5.74, 6) is -0.208. The Morgan fingerprint density at radius 2 is 2.18 bits per heavy atom. The molecule has 0 spiro atoms. The minimum Gasteiger partial charge on any atom is -0.352 e. The van der Waals surface area contributed by atoms with Crippen LogP contribution in [-0.4, -0.2) is 24.5 Å². The molecule has 1 fully saturated rings. The van der Waals surface area contributed by atoms with Crippen molar-refractivity contribution >= 4 is 18.3 Å². The molecule has 0 bridgehead atoms. The van der Waals surface area contributed by atoms with Crippen LogP contribution in [0.2, 0.25) is 0 Å². The van der Waals surface area contributed by atoms with Crippen molar-refractivity contribution < 1.29 is 9.18 Å². The van der Waals surface area contributed by atoms with E-state index in [0.29, 0.717) is 24.4 Å². The monoisotopic (exact) mass is 328 g/mol. The lowest BCUT2D eigenvalue weighted by atomic mass is 9.96. The lowest BCUT2D eigenvalue weighted by molar-refractivity contribution is -0.125. The number of rotatable bonds is 5. The molecule has 1 aliphatic rings. The van der Waals surface area contributed by atoms with Crippen LogP contribution in [0.25, 0.3) is 0 Å².